The van der Waals surface area contributed by atoms with E-state index in [1.165, 1.54) is 0 Å². The average molecular weight is 199 g/mol. The van der Waals surface area contributed by atoms with Gasteiger partial charge in [-0.2, -0.15) is 0 Å². The number of rotatable bonds is 2. The zero-order chi connectivity index (χ0) is 10.7. The number of aliphatic hydroxyl groups excluding tert-OH is 2. The van der Waals surface area contributed by atoms with Crippen LogP contribution in [0.1, 0.15) is 26.2 Å². The summed E-state index contributed by atoms with van der Waals surface area (Å²) in [7, 11) is 0. The van der Waals surface area contributed by atoms with Gasteiger partial charge in [0.05, 0.1) is 18.2 Å². The summed E-state index contributed by atoms with van der Waals surface area (Å²) in [5.41, 5.74) is 0.434. The molecule has 1 saturated carbocycles. The van der Waals surface area contributed by atoms with Crippen LogP contribution >= 0.6 is 0 Å². The summed E-state index contributed by atoms with van der Waals surface area (Å²) in [5, 5.41) is 21.5. The Morgan fingerprint density at radius 2 is 2.07 bits per heavy atom. The van der Waals surface area contributed by atoms with E-state index in [4.69, 9.17) is 0 Å². The van der Waals surface area contributed by atoms with Crippen LogP contribution in [0.25, 0.3) is 0 Å². The van der Waals surface area contributed by atoms with Crippen molar-refractivity contribution < 1.29 is 15.0 Å². The van der Waals surface area contributed by atoms with Crippen molar-refractivity contribution >= 4 is 5.91 Å². The van der Waals surface area contributed by atoms with Crippen LogP contribution in [-0.4, -0.2) is 34.4 Å². The number of carbonyl (C=O) groups excluding carboxylic acids is 1. The lowest BCUT2D eigenvalue weighted by atomic mass is 9.90. The molecule has 0 saturated heterocycles. The molecule has 1 rings (SSSR count). The van der Waals surface area contributed by atoms with Gasteiger partial charge in [-0.25, -0.2) is 0 Å². The Kier molecular flexibility index (Phi) is 3.66. The summed E-state index contributed by atoms with van der Waals surface area (Å²) in [6.45, 7) is 5.14. The molecule has 0 aliphatic heterocycles. The van der Waals surface area contributed by atoms with Gasteiger partial charge < -0.3 is 15.5 Å². The first-order valence-corrected chi connectivity index (χ1v) is 4.83. The van der Waals surface area contributed by atoms with Crippen molar-refractivity contribution in [2.45, 2.75) is 44.4 Å². The number of nitrogens with one attached hydrogen (secondary N) is 1. The maximum atomic E-state index is 11.3. The molecule has 0 radical (unpaired) electrons. The number of amides is 1. The van der Waals surface area contributed by atoms with E-state index in [1.54, 1.807) is 6.92 Å². The fraction of sp³-hybridized carbons (Fsp3) is 0.700. The predicted molar refractivity (Wildman–Crippen MR) is 52.6 cm³/mol. The summed E-state index contributed by atoms with van der Waals surface area (Å²) in [5.74, 6) is -0.231. The smallest absolute Gasteiger partial charge is 0.246 e. The standard InChI is InChI=1S/C10H17NO3/c1-6(2)10(14)11-8-4-3-7(12)5-9(8)13/h7-9,12-13H,1,3-5H2,2H3,(H,11,14). The molecule has 80 valence electrons. The molecule has 0 bridgehead atoms. The second-order valence-corrected chi connectivity index (χ2v) is 3.89. The van der Waals surface area contributed by atoms with Crippen LogP contribution in [0.3, 0.4) is 0 Å². The summed E-state index contributed by atoms with van der Waals surface area (Å²) < 4.78 is 0. The van der Waals surface area contributed by atoms with Gasteiger partial charge in [0.2, 0.25) is 5.91 Å². The third kappa shape index (κ3) is 2.82. The number of hydrogen-bond donors (Lipinski definition) is 3. The Balaban J connectivity index is 2.45. The first-order chi connectivity index (χ1) is 6.50. The van der Waals surface area contributed by atoms with Crippen molar-refractivity contribution in [3.8, 4) is 0 Å². The van der Waals surface area contributed by atoms with Gasteiger partial charge in [0.1, 0.15) is 0 Å². The van der Waals surface area contributed by atoms with Crippen LogP contribution < -0.4 is 5.32 Å². The molecule has 0 heterocycles. The molecule has 3 N–H and O–H groups in total. The Morgan fingerprint density at radius 1 is 1.43 bits per heavy atom. The molecular weight excluding hydrogens is 182 g/mol. The van der Waals surface area contributed by atoms with Gasteiger partial charge in [0.25, 0.3) is 0 Å². The molecule has 0 aromatic carbocycles. The number of hydrogen-bond acceptors (Lipinski definition) is 3. The first kappa shape index (κ1) is 11.2. The third-order valence-electron chi connectivity index (χ3n) is 2.49. The van der Waals surface area contributed by atoms with Crippen LogP contribution in [0, 0.1) is 0 Å². The molecule has 0 spiro atoms. The van der Waals surface area contributed by atoms with Crippen LogP contribution in [0.2, 0.25) is 0 Å². The van der Waals surface area contributed by atoms with E-state index in [2.05, 4.69) is 11.9 Å². The van der Waals surface area contributed by atoms with Gasteiger partial charge in [0.15, 0.2) is 0 Å². The van der Waals surface area contributed by atoms with Crippen molar-refractivity contribution in [2.24, 2.45) is 0 Å². The average Bonchev–Trinajstić information content (AvgIpc) is 2.09. The van der Waals surface area contributed by atoms with E-state index in [-0.39, 0.29) is 11.9 Å². The fourth-order valence-electron chi connectivity index (χ4n) is 1.59. The highest BCUT2D eigenvalue weighted by atomic mass is 16.3. The zero-order valence-corrected chi connectivity index (χ0v) is 8.36. The molecule has 14 heavy (non-hydrogen) atoms. The summed E-state index contributed by atoms with van der Waals surface area (Å²) in [6, 6.07) is -0.248. The molecule has 4 heteroatoms. The number of aliphatic hydroxyl groups is 2. The maximum absolute atomic E-state index is 11.3. The molecule has 1 aliphatic rings. The van der Waals surface area contributed by atoms with Crippen molar-refractivity contribution in [1.82, 2.24) is 5.32 Å². The normalized spacial score (nSPS) is 32.4. The van der Waals surface area contributed by atoms with Gasteiger partial charge in [-0.15, -0.1) is 0 Å². The Labute approximate surface area is 83.6 Å². The van der Waals surface area contributed by atoms with E-state index in [1.807, 2.05) is 0 Å². The topological polar surface area (TPSA) is 69.6 Å². The monoisotopic (exact) mass is 199 g/mol. The van der Waals surface area contributed by atoms with Crippen molar-refractivity contribution in [1.29, 1.82) is 0 Å². The molecule has 1 fully saturated rings. The second kappa shape index (κ2) is 4.57. The van der Waals surface area contributed by atoms with E-state index in [9.17, 15) is 15.0 Å². The second-order valence-electron chi connectivity index (χ2n) is 3.89. The van der Waals surface area contributed by atoms with Crippen molar-refractivity contribution in [2.75, 3.05) is 0 Å². The van der Waals surface area contributed by atoms with Crippen LogP contribution in [-0.2, 0) is 4.79 Å². The summed E-state index contributed by atoms with van der Waals surface area (Å²) >= 11 is 0. The third-order valence-corrected chi connectivity index (χ3v) is 2.49. The minimum atomic E-state index is -0.651. The predicted octanol–water partition coefficient (Wildman–Crippen LogP) is -0.0470. The quantitative estimate of drug-likeness (QED) is 0.546. The van der Waals surface area contributed by atoms with Crippen molar-refractivity contribution in [3.63, 3.8) is 0 Å². The lowest BCUT2D eigenvalue weighted by Crippen LogP contribution is -2.47. The van der Waals surface area contributed by atoms with Crippen LogP contribution in [0.5, 0.6) is 0 Å². The fourth-order valence-corrected chi connectivity index (χ4v) is 1.59. The van der Waals surface area contributed by atoms with E-state index in [0.29, 0.717) is 24.8 Å². The molecule has 1 amide bonds. The molecule has 4 nitrogen and oxygen atoms in total. The highest BCUT2D eigenvalue weighted by Crippen LogP contribution is 2.19. The zero-order valence-electron chi connectivity index (χ0n) is 8.36. The SMILES string of the molecule is C=C(C)C(=O)NC1CCC(O)CC1O. The van der Waals surface area contributed by atoms with E-state index >= 15 is 0 Å². The largest absolute Gasteiger partial charge is 0.393 e. The molecule has 0 aromatic rings. The summed E-state index contributed by atoms with van der Waals surface area (Å²) in [6.07, 6.45) is 0.478. The Hall–Kier alpha value is -0.870. The summed E-state index contributed by atoms with van der Waals surface area (Å²) in [4.78, 5) is 11.3. The lowest BCUT2D eigenvalue weighted by Gasteiger charge is -2.31. The molecule has 3 atom stereocenters. The maximum Gasteiger partial charge on any atom is 0.246 e. The highest BCUT2D eigenvalue weighted by Gasteiger charge is 2.28. The lowest BCUT2D eigenvalue weighted by molar-refractivity contribution is -0.119. The molecule has 3 unspecified atom stereocenters. The Bertz CT molecular complexity index is 240. The Morgan fingerprint density at radius 3 is 2.57 bits per heavy atom. The minimum Gasteiger partial charge on any atom is -0.393 e. The van der Waals surface area contributed by atoms with E-state index in [0.717, 1.165) is 0 Å². The highest BCUT2D eigenvalue weighted by molar-refractivity contribution is 5.92. The minimum absolute atomic E-state index is 0.231. The van der Waals surface area contributed by atoms with Gasteiger partial charge in [-0.3, -0.25) is 4.79 Å². The molecule has 1 aliphatic carbocycles. The van der Waals surface area contributed by atoms with Gasteiger partial charge in [0, 0.05) is 12.0 Å². The molecular formula is C10H17NO3. The number of carbonyl (C=O) groups is 1. The van der Waals surface area contributed by atoms with Crippen LogP contribution in [0.4, 0.5) is 0 Å². The van der Waals surface area contributed by atoms with Crippen molar-refractivity contribution in [3.05, 3.63) is 12.2 Å². The molecule has 0 aromatic heterocycles. The van der Waals surface area contributed by atoms with Crippen LogP contribution in [0.15, 0.2) is 12.2 Å². The van der Waals surface area contributed by atoms with Gasteiger partial charge in [-0.05, 0) is 19.8 Å². The van der Waals surface area contributed by atoms with Gasteiger partial charge in [-0.1, -0.05) is 6.58 Å². The van der Waals surface area contributed by atoms with E-state index < -0.39 is 12.2 Å². The first-order valence-electron chi connectivity index (χ1n) is 4.83. The van der Waals surface area contributed by atoms with Gasteiger partial charge >= 0.3 is 0 Å².